The van der Waals surface area contributed by atoms with Crippen LogP contribution < -0.4 is 10.6 Å². The largest absolute Gasteiger partial charge is 0.480 e. The Morgan fingerprint density at radius 1 is 0.970 bits per heavy atom. The minimum atomic E-state index is -1.21. The maximum atomic E-state index is 12.7. The third-order valence-electron chi connectivity index (χ3n) is 5.75. The monoisotopic (exact) mass is 454 g/mol. The maximum absolute atomic E-state index is 12.7. The minimum Gasteiger partial charge on any atom is -0.480 e. The number of carbonyl (C=O) groups is 3. The lowest BCUT2D eigenvalue weighted by molar-refractivity contribution is -0.143. The predicted octanol–water partition coefficient (Wildman–Crippen LogP) is 3.30. The van der Waals surface area contributed by atoms with Crippen molar-refractivity contribution in [3.8, 4) is 11.1 Å². The van der Waals surface area contributed by atoms with E-state index in [4.69, 9.17) is 9.47 Å². The Morgan fingerprint density at radius 3 is 2.12 bits per heavy atom. The first-order valence-corrected chi connectivity index (χ1v) is 11.1. The number of amides is 2. The minimum absolute atomic E-state index is 0.0934. The van der Waals surface area contributed by atoms with Crippen LogP contribution in [-0.4, -0.2) is 55.5 Å². The smallest absolute Gasteiger partial charge is 0.407 e. The first kappa shape index (κ1) is 24.3. The standard InChI is InChI=1S/C25H30N2O6/c1-3-4-13-21(23(28)26-22(15-32-2)24(29)30)27-25(31)33-14-20-18-11-7-5-9-16(18)17-10-6-8-12-19(17)20/h5-12,20-22H,3-4,13-15H2,1-2H3,(H,26,28)(H,27,31)(H,29,30)/t21?,22-/m0/s1. The molecular weight excluding hydrogens is 424 g/mol. The summed E-state index contributed by atoms with van der Waals surface area (Å²) in [7, 11) is 1.35. The molecule has 0 saturated carbocycles. The SMILES string of the molecule is CCCCC(NC(=O)OCC1c2ccccc2-c2ccccc21)C(=O)N[C@@H](COC)C(=O)O. The number of benzene rings is 2. The van der Waals surface area contributed by atoms with Crippen molar-refractivity contribution in [3.05, 3.63) is 59.7 Å². The third kappa shape index (κ3) is 5.90. The van der Waals surface area contributed by atoms with Crippen LogP contribution in [0, 0.1) is 0 Å². The Bertz CT molecular complexity index is 947. The summed E-state index contributed by atoms with van der Waals surface area (Å²) in [6, 6.07) is 13.9. The third-order valence-corrected chi connectivity index (χ3v) is 5.75. The number of fused-ring (bicyclic) bond motifs is 3. The molecule has 8 nitrogen and oxygen atoms in total. The number of ether oxygens (including phenoxy) is 2. The predicted molar refractivity (Wildman–Crippen MR) is 123 cm³/mol. The Hall–Kier alpha value is -3.39. The van der Waals surface area contributed by atoms with Crippen LogP contribution in [0.25, 0.3) is 11.1 Å². The number of nitrogens with one attached hydrogen (secondary N) is 2. The zero-order chi connectivity index (χ0) is 23.8. The summed E-state index contributed by atoms with van der Waals surface area (Å²) < 4.78 is 10.4. The first-order valence-electron chi connectivity index (χ1n) is 11.1. The second-order valence-corrected chi connectivity index (χ2v) is 8.02. The second-order valence-electron chi connectivity index (χ2n) is 8.02. The van der Waals surface area contributed by atoms with Crippen molar-refractivity contribution in [2.75, 3.05) is 20.3 Å². The number of alkyl carbamates (subject to hydrolysis) is 1. The molecule has 0 radical (unpaired) electrons. The highest BCUT2D eigenvalue weighted by Gasteiger charge is 2.30. The lowest BCUT2D eigenvalue weighted by Crippen LogP contribution is -2.53. The summed E-state index contributed by atoms with van der Waals surface area (Å²) in [6.07, 6.45) is 1.15. The van der Waals surface area contributed by atoms with E-state index in [1.807, 2.05) is 43.3 Å². The summed E-state index contributed by atoms with van der Waals surface area (Å²) in [5, 5.41) is 14.3. The summed E-state index contributed by atoms with van der Waals surface area (Å²) in [4.78, 5) is 36.6. The van der Waals surface area contributed by atoms with Crippen molar-refractivity contribution >= 4 is 18.0 Å². The molecule has 2 aromatic carbocycles. The van der Waals surface area contributed by atoms with Crippen LogP contribution in [0.2, 0.25) is 0 Å². The number of unbranched alkanes of at least 4 members (excludes halogenated alkanes) is 1. The zero-order valence-corrected chi connectivity index (χ0v) is 18.9. The Balaban J connectivity index is 1.65. The molecule has 1 aliphatic carbocycles. The molecule has 33 heavy (non-hydrogen) atoms. The molecule has 1 aliphatic rings. The fraction of sp³-hybridized carbons (Fsp3) is 0.400. The molecule has 8 heteroatoms. The number of hydrogen-bond acceptors (Lipinski definition) is 5. The van der Waals surface area contributed by atoms with Gasteiger partial charge in [-0.2, -0.15) is 0 Å². The van der Waals surface area contributed by atoms with E-state index in [1.54, 1.807) is 0 Å². The van der Waals surface area contributed by atoms with Crippen LogP contribution in [0.4, 0.5) is 4.79 Å². The normalized spacial score (nSPS) is 14.0. The van der Waals surface area contributed by atoms with Gasteiger partial charge in [-0.1, -0.05) is 68.3 Å². The quantitative estimate of drug-likeness (QED) is 0.480. The van der Waals surface area contributed by atoms with Crippen molar-refractivity contribution in [1.82, 2.24) is 10.6 Å². The molecule has 2 aromatic rings. The van der Waals surface area contributed by atoms with Gasteiger partial charge in [0.15, 0.2) is 6.04 Å². The topological polar surface area (TPSA) is 114 Å². The maximum Gasteiger partial charge on any atom is 0.407 e. The van der Waals surface area contributed by atoms with E-state index < -0.39 is 30.1 Å². The molecule has 3 N–H and O–H groups in total. The van der Waals surface area contributed by atoms with Gasteiger partial charge in [-0.05, 0) is 28.7 Å². The van der Waals surface area contributed by atoms with Gasteiger partial charge in [0.1, 0.15) is 12.6 Å². The van der Waals surface area contributed by atoms with Gasteiger partial charge in [-0.15, -0.1) is 0 Å². The average molecular weight is 455 g/mol. The van der Waals surface area contributed by atoms with E-state index in [0.717, 1.165) is 28.7 Å². The number of methoxy groups -OCH3 is 1. The molecule has 2 atom stereocenters. The number of hydrogen-bond donors (Lipinski definition) is 3. The van der Waals surface area contributed by atoms with Gasteiger partial charge >= 0.3 is 12.1 Å². The molecule has 0 spiro atoms. The number of carboxylic acid groups (broad SMARTS) is 1. The highest BCUT2D eigenvalue weighted by molar-refractivity contribution is 5.89. The summed E-state index contributed by atoms with van der Waals surface area (Å²) in [5.41, 5.74) is 4.44. The van der Waals surface area contributed by atoms with Crippen LogP contribution in [0.1, 0.15) is 43.2 Å². The fourth-order valence-electron chi connectivity index (χ4n) is 4.07. The zero-order valence-electron chi connectivity index (χ0n) is 18.9. The number of carbonyl (C=O) groups excluding carboxylic acids is 2. The van der Waals surface area contributed by atoms with E-state index in [9.17, 15) is 19.5 Å². The van der Waals surface area contributed by atoms with Crippen LogP contribution in [0.5, 0.6) is 0 Å². The van der Waals surface area contributed by atoms with Crippen molar-refractivity contribution in [2.45, 2.75) is 44.2 Å². The molecule has 0 heterocycles. The van der Waals surface area contributed by atoms with E-state index >= 15 is 0 Å². The highest BCUT2D eigenvalue weighted by atomic mass is 16.5. The molecule has 0 saturated heterocycles. The Labute approximate surface area is 193 Å². The number of aliphatic carboxylic acids is 1. The molecule has 0 fully saturated rings. The molecule has 0 aliphatic heterocycles. The van der Waals surface area contributed by atoms with E-state index in [2.05, 4.69) is 22.8 Å². The second kappa shape index (κ2) is 11.5. The van der Waals surface area contributed by atoms with E-state index in [-0.39, 0.29) is 19.1 Å². The lowest BCUT2D eigenvalue weighted by Gasteiger charge is -2.21. The van der Waals surface area contributed by atoms with Crippen LogP contribution in [0.15, 0.2) is 48.5 Å². The van der Waals surface area contributed by atoms with Gasteiger partial charge in [0.2, 0.25) is 5.91 Å². The molecule has 3 rings (SSSR count). The van der Waals surface area contributed by atoms with Gasteiger partial charge < -0.3 is 25.2 Å². The van der Waals surface area contributed by atoms with E-state index in [0.29, 0.717) is 12.8 Å². The van der Waals surface area contributed by atoms with Gasteiger partial charge in [0, 0.05) is 13.0 Å². The average Bonchev–Trinajstić information content (AvgIpc) is 3.13. The number of rotatable bonds is 11. The van der Waals surface area contributed by atoms with Crippen LogP contribution >= 0.6 is 0 Å². The Morgan fingerprint density at radius 2 is 1.58 bits per heavy atom. The Kier molecular flexibility index (Phi) is 8.43. The van der Waals surface area contributed by atoms with Crippen molar-refractivity contribution in [1.29, 1.82) is 0 Å². The summed E-state index contributed by atoms with van der Waals surface area (Å²) >= 11 is 0. The molecule has 1 unspecified atom stereocenters. The van der Waals surface area contributed by atoms with Gasteiger partial charge in [0.25, 0.3) is 0 Å². The molecule has 176 valence electrons. The summed E-state index contributed by atoms with van der Waals surface area (Å²) in [6.45, 7) is 1.92. The lowest BCUT2D eigenvalue weighted by atomic mass is 9.98. The van der Waals surface area contributed by atoms with Gasteiger partial charge in [-0.3, -0.25) is 4.79 Å². The molecular formula is C25H30N2O6. The van der Waals surface area contributed by atoms with Crippen molar-refractivity contribution < 1.29 is 29.0 Å². The molecule has 0 aromatic heterocycles. The van der Waals surface area contributed by atoms with Gasteiger partial charge in [0.05, 0.1) is 6.61 Å². The first-order chi connectivity index (χ1) is 16.0. The molecule has 0 bridgehead atoms. The highest BCUT2D eigenvalue weighted by Crippen LogP contribution is 2.44. The summed E-state index contributed by atoms with van der Waals surface area (Å²) in [5.74, 6) is -1.88. The fourth-order valence-corrected chi connectivity index (χ4v) is 4.07. The number of carboxylic acids is 1. The van der Waals surface area contributed by atoms with Crippen LogP contribution in [-0.2, 0) is 19.1 Å². The van der Waals surface area contributed by atoms with Gasteiger partial charge in [-0.25, -0.2) is 9.59 Å². The van der Waals surface area contributed by atoms with E-state index in [1.165, 1.54) is 7.11 Å². The van der Waals surface area contributed by atoms with Crippen LogP contribution in [0.3, 0.4) is 0 Å². The molecule has 2 amide bonds. The van der Waals surface area contributed by atoms with Crippen molar-refractivity contribution in [3.63, 3.8) is 0 Å². The van der Waals surface area contributed by atoms with Crippen molar-refractivity contribution in [2.24, 2.45) is 0 Å².